The SMILES string of the molecule is CCNC(Cc1ccc(Cl)c(Cl)c1)c1c(OC)cnn1C. The summed E-state index contributed by atoms with van der Waals surface area (Å²) in [6, 6.07) is 5.80. The number of hydrogen-bond donors (Lipinski definition) is 1. The Bertz CT molecular complexity index is 613. The van der Waals surface area contributed by atoms with Crippen molar-refractivity contribution in [1.29, 1.82) is 0 Å². The van der Waals surface area contributed by atoms with Crippen molar-refractivity contribution in [1.82, 2.24) is 15.1 Å². The van der Waals surface area contributed by atoms with E-state index in [0.717, 1.165) is 30.0 Å². The molecule has 0 saturated carbocycles. The highest BCUT2D eigenvalue weighted by Gasteiger charge is 2.20. The van der Waals surface area contributed by atoms with Gasteiger partial charge in [0.15, 0.2) is 5.75 Å². The van der Waals surface area contributed by atoms with Crippen LogP contribution in [0.1, 0.15) is 24.2 Å². The van der Waals surface area contributed by atoms with Gasteiger partial charge in [-0.1, -0.05) is 36.2 Å². The average molecular weight is 328 g/mol. The van der Waals surface area contributed by atoms with Gasteiger partial charge in [-0.2, -0.15) is 5.10 Å². The van der Waals surface area contributed by atoms with Gasteiger partial charge in [-0.15, -0.1) is 0 Å². The summed E-state index contributed by atoms with van der Waals surface area (Å²) in [7, 11) is 3.57. The molecule has 0 saturated heterocycles. The number of rotatable bonds is 6. The number of methoxy groups -OCH3 is 1. The Balaban J connectivity index is 2.30. The maximum absolute atomic E-state index is 6.09. The van der Waals surface area contributed by atoms with E-state index in [1.54, 1.807) is 13.3 Å². The van der Waals surface area contributed by atoms with E-state index in [4.69, 9.17) is 27.9 Å². The van der Waals surface area contributed by atoms with Crippen LogP contribution in [-0.2, 0) is 13.5 Å². The standard InChI is InChI=1S/C15H19Cl2N3O/c1-4-18-13(15-14(21-3)9-19-20(15)2)8-10-5-6-11(16)12(17)7-10/h5-7,9,13,18H,4,8H2,1-3H3. The van der Waals surface area contributed by atoms with Crippen LogP contribution in [0, 0.1) is 0 Å². The number of ether oxygens (including phenoxy) is 1. The molecular formula is C15H19Cl2N3O. The van der Waals surface area contributed by atoms with E-state index in [1.807, 2.05) is 29.9 Å². The van der Waals surface area contributed by atoms with Crippen LogP contribution in [0.25, 0.3) is 0 Å². The van der Waals surface area contributed by atoms with Gasteiger partial charge in [0, 0.05) is 7.05 Å². The van der Waals surface area contributed by atoms with Crippen molar-refractivity contribution in [3.8, 4) is 5.75 Å². The second-order valence-electron chi connectivity index (χ2n) is 4.78. The Morgan fingerprint density at radius 1 is 1.33 bits per heavy atom. The fraction of sp³-hybridized carbons (Fsp3) is 0.400. The highest BCUT2D eigenvalue weighted by Crippen LogP contribution is 2.29. The molecule has 0 aliphatic rings. The molecule has 1 N–H and O–H groups in total. The molecule has 4 nitrogen and oxygen atoms in total. The Hall–Kier alpha value is -1.23. The monoisotopic (exact) mass is 327 g/mol. The minimum atomic E-state index is 0.0923. The van der Waals surface area contributed by atoms with Crippen LogP contribution >= 0.6 is 23.2 Å². The van der Waals surface area contributed by atoms with Gasteiger partial charge in [0.2, 0.25) is 0 Å². The first-order chi connectivity index (χ1) is 10.1. The second-order valence-corrected chi connectivity index (χ2v) is 5.60. The molecular weight excluding hydrogens is 309 g/mol. The first kappa shape index (κ1) is 16.1. The molecule has 0 aliphatic carbocycles. The van der Waals surface area contributed by atoms with Crippen molar-refractivity contribution >= 4 is 23.2 Å². The first-order valence-corrected chi connectivity index (χ1v) is 7.55. The predicted molar refractivity (Wildman–Crippen MR) is 86.3 cm³/mol. The molecule has 0 bridgehead atoms. The van der Waals surface area contributed by atoms with Gasteiger partial charge in [-0.05, 0) is 30.7 Å². The van der Waals surface area contributed by atoms with Crippen molar-refractivity contribution in [2.75, 3.05) is 13.7 Å². The topological polar surface area (TPSA) is 39.1 Å². The van der Waals surface area contributed by atoms with Gasteiger partial charge in [0.1, 0.15) is 0 Å². The maximum Gasteiger partial charge on any atom is 0.161 e. The molecule has 1 aromatic carbocycles. The molecule has 0 spiro atoms. The lowest BCUT2D eigenvalue weighted by atomic mass is 10.0. The molecule has 2 aromatic rings. The quantitative estimate of drug-likeness (QED) is 0.880. The molecule has 0 amide bonds. The van der Waals surface area contributed by atoms with Gasteiger partial charge in [-0.3, -0.25) is 4.68 Å². The molecule has 2 rings (SSSR count). The smallest absolute Gasteiger partial charge is 0.161 e. The van der Waals surface area contributed by atoms with Crippen LogP contribution < -0.4 is 10.1 Å². The van der Waals surface area contributed by atoms with E-state index in [1.165, 1.54) is 0 Å². The van der Waals surface area contributed by atoms with Gasteiger partial charge >= 0.3 is 0 Å². The van der Waals surface area contributed by atoms with Crippen molar-refractivity contribution in [3.05, 3.63) is 45.7 Å². The summed E-state index contributed by atoms with van der Waals surface area (Å²) in [5.74, 6) is 0.781. The van der Waals surface area contributed by atoms with Crippen molar-refractivity contribution in [2.24, 2.45) is 7.05 Å². The van der Waals surface area contributed by atoms with Crippen LogP contribution in [0.3, 0.4) is 0 Å². The number of nitrogens with zero attached hydrogens (tertiary/aromatic N) is 2. The highest BCUT2D eigenvalue weighted by molar-refractivity contribution is 6.42. The summed E-state index contributed by atoms with van der Waals surface area (Å²) in [5.41, 5.74) is 2.13. The lowest BCUT2D eigenvalue weighted by Gasteiger charge is -2.20. The third-order valence-electron chi connectivity index (χ3n) is 3.37. The van der Waals surface area contributed by atoms with E-state index >= 15 is 0 Å². The molecule has 114 valence electrons. The number of benzene rings is 1. The third-order valence-corrected chi connectivity index (χ3v) is 4.11. The normalized spacial score (nSPS) is 12.4. The molecule has 0 aliphatic heterocycles. The van der Waals surface area contributed by atoms with Crippen LogP contribution in [0.2, 0.25) is 10.0 Å². The molecule has 21 heavy (non-hydrogen) atoms. The molecule has 1 unspecified atom stereocenters. The average Bonchev–Trinajstić information content (AvgIpc) is 2.83. The highest BCUT2D eigenvalue weighted by atomic mass is 35.5. The summed E-state index contributed by atoms with van der Waals surface area (Å²) in [4.78, 5) is 0. The van der Waals surface area contributed by atoms with E-state index in [2.05, 4.69) is 17.3 Å². The fourth-order valence-corrected chi connectivity index (χ4v) is 2.72. The number of halogens is 2. The van der Waals surface area contributed by atoms with Crippen molar-refractivity contribution < 1.29 is 4.74 Å². The summed E-state index contributed by atoms with van der Waals surface area (Å²) < 4.78 is 7.24. The summed E-state index contributed by atoms with van der Waals surface area (Å²) in [6.07, 6.45) is 2.51. The minimum Gasteiger partial charge on any atom is -0.493 e. The lowest BCUT2D eigenvalue weighted by Crippen LogP contribution is -2.25. The lowest BCUT2D eigenvalue weighted by molar-refractivity contribution is 0.394. The fourth-order valence-electron chi connectivity index (χ4n) is 2.40. The van der Waals surface area contributed by atoms with E-state index in [-0.39, 0.29) is 6.04 Å². The van der Waals surface area contributed by atoms with Crippen LogP contribution in [0.15, 0.2) is 24.4 Å². The number of nitrogens with one attached hydrogen (secondary N) is 1. The molecule has 1 atom stereocenters. The van der Waals surface area contributed by atoms with Crippen LogP contribution in [0.4, 0.5) is 0 Å². The predicted octanol–water partition coefficient (Wildman–Crippen LogP) is 3.63. The summed E-state index contributed by atoms with van der Waals surface area (Å²) in [6.45, 7) is 2.92. The largest absolute Gasteiger partial charge is 0.493 e. The Labute approximate surface area is 135 Å². The zero-order chi connectivity index (χ0) is 15.4. The van der Waals surface area contributed by atoms with E-state index in [0.29, 0.717) is 10.0 Å². The Kier molecular flexibility index (Phi) is 5.51. The van der Waals surface area contributed by atoms with E-state index < -0.39 is 0 Å². The zero-order valence-electron chi connectivity index (χ0n) is 12.4. The minimum absolute atomic E-state index is 0.0923. The van der Waals surface area contributed by atoms with Crippen molar-refractivity contribution in [3.63, 3.8) is 0 Å². The van der Waals surface area contributed by atoms with Crippen LogP contribution in [-0.4, -0.2) is 23.4 Å². The third kappa shape index (κ3) is 3.70. The Morgan fingerprint density at radius 3 is 2.71 bits per heavy atom. The van der Waals surface area contributed by atoms with Gasteiger partial charge < -0.3 is 10.1 Å². The molecule has 6 heteroatoms. The van der Waals surface area contributed by atoms with E-state index in [9.17, 15) is 0 Å². The van der Waals surface area contributed by atoms with Gasteiger partial charge in [-0.25, -0.2) is 0 Å². The molecule has 0 radical (unpaired) electrons. The Morgan fingerprint density at radius 2 is 2.10 bits per heavy atom. The van der Waals surface area contributed by atoms with Crippen LogP contribution in [0.5, 0.6) is 5.75 Å². The van der Waals surface area contributed by atoms with Gasteiger partial charge in [0.25, 0.3) is 0 Å². The zero-order valence-corrected chi connectivity index (χ0v) is 13.9. The van der Waals surface area contributed by atoms with Gasteiger partial charge in [0.05, 0.1) is 35.1 Å². The second kappa shape index (κ2) is 7.16. The number of hydrogen-bond acceptors (Lipinski definition) is 3. The summed E-state index contributed by atoms with van der Waals surface area (Å²) >= 11 is 12.1. The number of likely N-dealkylation sites (N-methyl/N-ethyl adjacent to an activating group) is 1. The molecule has 1 heterocycles. The number of aromatic nitrogens is 2. The summed E-state index contributed by atoms with van der Waals surface area (Å²) in [5, 5.41) is 8.87. The maximum atomic E-state index is 6.09. The van der Waals surface area contributed by atoms with Crippen molar-refractivity contribution in [2.45, 2.75) is 19.4 Å². The number of aryl methyl sites for hydroxylation is 1. The molecule has 0 fully saturated rings. The first-order valence-electron chi connectivity index (χ1n) is 6.80. The molecule has 1 aromatic heterocycles.